The van der Waals surface area contributed by atoms with E-state index in [9.17, 15) is 14.0 Å². The zero-order valence-electron chi connectivity index (χ0n) is 18.8. The van der Waals surface area contributed by atoms with Crippen LogP contribution in [0, 0.1) is 11.7 Å². The lowest BCUT2D eigenvalue weighted by atomic mass is 9.83. The molecule has 172 valence electrons. The highest BCUT2D eigenvalue weighted by Crippen LogP contribution is 2.37. The molecule has 3 rings (SSSR count). The molecule has 1 fully saturated rings. The van der Waals surface area contributed by atoms with Crippen molar-refractivity contribution in [2.75, 3.05) is 44.8 Å². The van der Waals surface area contributed by atoms with Crippen LogP contribution in [-0.2, 0) is 14.3 Å². The van der Waals surface area contributed by atoms with Gasteiger partial charge < -0.3 is 19.9 Å². The minimum atomic E-state index is -0.441. The first-order valence-electron chi connectivity index (χ1n) is 11.2. The number of carbonyl (C=O) groups excluding carboxylic acids is 2. The Balaban J connectivity index is 1.71. The van der Waals surface area contributed by atoms with E-state index in [1.165, 1.54) is 12.1 Å². The molecule has 2 unspecified atom stereocenters. The zero-order valence-corrected chi connectivity index (χ0v) is 18.8. The van der Waals surface area contributed by atoms with Gasteiger partial charge in [-0.1, -0.05) is 30.3 Å². The quantitative estimate of drug-likeness (QED) is 0.614. The molecule has 2 aromatic carbocycles. The van der Waals surface area contributed by atoms with Crippen molar-refractivity contribution in [3.05, 3.63) is 66.0 Å². The number of rotatable bonds is 10. The molecule has 0 radical (unpaired) electrons. The highest BCUT2D eigenvalue weighted by Gasteiger charge is 2.40. The van der Waals surface area contributed by atoms with Gasteiger partial charge in [0, 0.05) is 45.4 Å². The van der Waals surface area contributed by atoms with Crippen molar-refractivity contribution < 1.29 is 18.7 Å². The molecule has 1 heterocycles. The number of methoxy groups -OCH3 is 1. The SMILES string of the molecule is CCN(CCNC(=O)C1CCC(=O)N(CCOC)C1c1ccc(F)cc1)c1ccccc1. The summed E-state index contributed by atoms with van der Waals surface area (Å²) in [5.74, 6) is -0.845. The average molecular weight is 442 g/mol. The van der Waals surface area contributed by atoms with Crippen molar-refractivity contribution >= 4 is 17.5 Å². The highest BCUT2D eigenvalue weighted by molar-refractivity contribution is 5.85. The number of amides is 2. The van der Waals surface area contributed by atoms with Crippen molar-refractivity contribution in [3.8, 4) is 0 Å². The molecule has 0 aromatic heterocycles. The van der Waals surface area contributed by atoms with Crippen LogP contribution < -0.4 is 10.2 Å². The second-order valence-corrected chi connectivity index (χ2v) is 7.93. The number of hydrogen-bond donors (Lipinski definition) is 1. The Hall–Kier alpha value is -2.93. The van der Waals surface area contributed by atoms with E-state index in [2.05, 4.69) is 29.3 Å². The fraction of sp³-hybridized carbons (Fsp3) is 0.440. The molecule has 6 nitrogen and oxygen atoms in total. The van der Waals surface area contributed by atoms with Crippen LogP contribution in [0.5, 0.6) is 0 Å². The Morgan fingerprint density at radius 1 is 1.19 bits per heavy atom. The lowest BCUT2D eigenvalue weighted by Gasteiger charge is -2.41. The summed E-state index contributed by atoms with van der Waals surface area (Å²) in [4.78, 5) is 29.8. The first kappa shape index (κ1) is 23.7. The van der Waals surface area contributed by atoms with Gasteiger partial charge in [0.05, 0.1) is 18.6 Å². The second-order valence-electron chi connectivity index (χ2n) is 7.93. The van der Waals surface area contributed by atoms with Gasteiger partial charge in [0.15, 0.2) is 0 Å². The van der Waals surface area contributed by atoms with E-state index >= 15 is 0 Å². The third-order valence-corrected chi connectivity index (χ3v) is 5.98. The summed E-state index contributed by atoms with van der Waals surface area (Å²) < 4.78 is 18.7. The fourth-order valence-corrected chi connectivity index (χ4v) is 4.31. The van der Waals surface area contributed by atoms with Crippen molar-refractivity contribution in [3.63, 3.8) is 0 Å². The molecule has 0 bridgehead atoms. The maximum Gasteiger partial charge on any atom is 0.225 e. The molecule has 0 aliphatic carbocycles. The average Bonchev–Trinajstić information content (AvgIpc) is 2.82. The predicted octanol–water partition coefficient (Wildman–Crippen LogP) is 3.39. The van der Waals surface area contributed by atoms with Gasteiger partial charge >= 0.3 is 0 Å². The van der Waals surface area contributed by atoms with Gasteiger partial charge in [0.25, 0.3) is 0 Å². The van der Waals surface area contributed by atoms with E-state index < -0.39 is 12.0 Å². The van der Waals surface area contributed by atoms with Gasteiger partial charge in [-0.2, -0.15) is 0 Å². The number of hydrogen-bond acceptors (Lipinski definition) is 4. The monoisotopic (exact) mass is 441 g/mol. The maximum atomic E-state index is 13.5. The van der Waals surface area contributed by atoms with Crippen LogP contribution in [-0.4, -0.2) is 56.6 Å². The Labute approximate surface area is 189 Å². The molecule has 2 atom stereocenters. The number of benzene rings is 2. The van der Waals surface area contributed by atoms with Crippen molar-refractivity contribution in [2.45, 2.75) is 25.8 Å². The smallest absolute Gasteiger partial charge is 0.225 e. The first-order chi connectivity index (χ1) is 15.5. The third kappa shape index (κ3) is 5.85. The largest absolute Gasteiger partial charge is 0.383 e. The second kappa shape index (κ2) is 11.6. The van der Waals surface area contributed by atoms with Crippen LogP contribution >= 0.6 is 0 Å². The number of halogens is 1. The number of nitrogens with zero attached hydrogens (tertiary/aromatic N) is 2. The summed E-state index contributed by atoms with van der Waals surface area (Å²) in [5, 5.41) is 3.07. The van der Waals surface area contributed by atoms with Gasteiger partial charge in [-0.05, 0) is 43.2 Å². The predicted molar refractivity (Wildman–Crippen MR) is 123 cm³/mol. The first-order valence-corrected chi connectivity index (χ1v) is 11.2. The molecule has 7 heteroatoms. The van der Waals surface area contributed by atoms with E-state index in [0.29, 0.717) is 39.1 Å². The standard InChI is InChI=1S/C25H32FN3O3/c1-3-28(21-7-5-4-6-8-21)16-15-27-25(31)22-13-14-23(30)29(17-18-32-2)24(22)19-9-11-20(26)12-10-19/h4-12,22,24H,3,13-18H2,1-2H3,(H,27,31). The summed E-state index contributed by atoms with van der Waals surface area (Å²) in [6.07, 6.45) is 0.775. The van der Waals surface area contributed by atoms with Gasteiger partial charge in [0.1, 0.15) is 5.82 Å². The van der Waals surface area contributed by atoms with Crippen LogP contribution in [0.15, 0.2) is 54.6 Å². The summed E-state index contributed by atoms with van der Waals surface area (Å²) >= 11 is 0. The molecule has 1 N–H and O–H groups in total. The van der Waals surface area contributed by atoms with Gasteiger partial charge in [-0.15, -0.1) is 0 Å². The molecule has 1 aliphatic rings. The molecular formula is C25H32FN3O3. The molecule has 0 saturated carbocycles. The molecule has 1 aliphatic heterocycles. The van der Waals surface area contributed by atoms with Crippen LogP contribution in [0.2, 0.25) is 0 Å². The number of ether oxygens (including phenoxy) is 1. The number of piperidine rings is 1. The van der Waals surface area contributed by atoms with Crippen LogP contribution in [0.25, 0.3) is 0 Å². The maximum absolute atomic E-state index is 13.5. The fourth-order valence-electron chi connectivity index (χ4n) is 4.31. The van der Waals surface area contributed by atoms with Crippen LogP contribution in [0.1, 0.15) is 31.4 Å². The van der Waals surface area contributed by atoms with Crippen molar-refractivity contribution in [1.82, 2.24) is 10.2 Å². The van der Waals surface area contributed by atoms with E-state index in [1.54, 1.807) is 24.1 Å². The third-order valence-electron chi connectivity index (χ3n) is 5.98. The van der Waals surface area contributed by atoms with Crippen molar-refractivity contribution in [2.24, 2.45) is 5.92 Å². The molecule has 2 amide bonds. The van der Waals surface area contributed by atoms with Crippen LogP contribution in [0.4, 0.5) is 10.1 Å². The molecule has 32 heavy (non-hydrogen) atoms. The Bertz CT molecular complexity index is 876. The van der Waals surface area contributed by atoms with E-state index in [1.807, 2.05) is 18.2 Å². The minimum Gasteiger partial charge on any atom is -0.383 e. The number of carbonyl (C=O) groups is 2. The van der Waals surface area contributed by atoms with E-state index in [-0.39, 0.29) is 17.6 Å². The number of para-hydroxylation sites is 1. The minimum absolute atomic E-state index is 0.0124. The number of anilines is 1. The lowest BCUT2D eigenvalue weighted by molar-refractivity contribution is -0.144. The Kier molecular flexibility index (Phi) is 8.62. The topological polar surface area (TPSA) is 61.9 Å². The number of likely N-dealkylation sites (tertiary alicyclic amines) is 1. The normalized spacial score (nSPS) is 18.5. The summed E-state index contributed by atoms with van der Waals surface area (Å²) in [7, 11) is 1.58. The van der Waals surface area contributed by atoms with E-state index in [4.69, 9.17) is 4.74 Å². The highest BCUT2D eigenvalue weighted by atomic mass is 19.1. The lowest BCUT2D eigenvalue weighted by Crippen LogP contribution is -2.49. The number of nitrogens with one attached hydrogen (secondary N) is 1. The Morgan fingerprint density at radius 2 is 1.91 bits per heavy atom. The van der Waals surface area contributed by atoms with Gasteiger partial charge in [0.2, 0.25) is 11.8 Å². The summed E-state index contributed by atoms with van der Waals surface area (Å²) in [6.45, 7) is 4.87. The molecule has 0 spiro atoms. The van der Waals surface area contributed by atoms with Gasteiger partial charge in [-0.3, -0.25) is 9.59 Å². The summed E-state index contributed by atoms with van der Waals surface area (Å²) in [6, 6.07) is 15.7. The summed E-state index contributed by atoms with van der Waals surface area (Å²) in [5.41, 5.74) is 1.87. The van der Waals surface area contributed by atoms with Crippen LogP contribution in [0.3, 0.4) is 0 Å². The Morgan fingerprint density at radius 3 is 2.56 bits per heavy atom. The zero-order chi connectivity index (χ0) is 22.9. The number of likely N-dealkylation sites (N-methyl/N-ethyl adjacent to an activating group) is 1. The molecule has 1 saturated heterocycles. The van der Waals surface area contributed by atoms with Crippen molar-refractivity contribution in [1.29, 1.82) is 0 Å². The van der Waals surface area contributed by atoms with E-state index in [0.717, 1.165) is 17.8 Å². The molecule has 2 aromatic rings. The van der Waals surface area contributed by atoms with Gasteiger partial charge in [-0.25, -0.2) is 4.39 Å². The molecular weight excluding hydrogens is 409 g/mol.